The Kier molecular flexibility index (Phi) is 6.06. The highest BCUT2D eigenvalue weighted by Crippen LogP contribution is 2.40. The van der Waals surface area contributed by atoms with Crippen LogP contribution in [0.25, 0.3) is 6.08 Å². The van der Waals surface area contributed by atoms with Crippen LogP contribution in [0.5, 0.6) is 17.2 Å². The van der Waals surface area contributed by atoms with Gasteiger partial charge in [0.1, 0.15) is 19.8 Å². The Morgan fingerprint density at radius 2 is 2.08 bits per heavy atom. The van der Waals surface area contributed by atoms with Gasteiger partial charge in [0.2, 0.25) is 11.7 Å². The van der Waals surface area contributed by atoms with Crippen molar-refractivity contribution < 1.29 is 28.9 Å². The number of rotatable bonds is 7. The number of methoxy groups -OCH3 is 1. The number of hydrogen-bond donors (Lipinski definition) is 1. The molecule has 0 spiro atoms. The number of carboxylic acid groups (broad SMARTS) is 1. The van der Waals surface area contributed by atoms with E-state index in [2.05, 4.69) is 0 Å². The number of aliphatic carboxylic acids is 1. The molecule has 1 N–H and O–H groups in total. The van der Waals surface area contributed by atoms with Crippen LogP contribution < -0.4 is 14.2 Å². The molecule has 0 atom stereocenters. The zero-order valence-corrected chi connectivity index (χ0v) is 13.8. The molecule has 1 aromatic carbocycles. The van der Waals surface area contributed by atoms with Crippen LogP contribution in [0.15, 0.2) is 18.2 Å². The monoisotopic (exact) mass is 335 g/mol. The quantitative estimate of drug-likeness (QED) is 0.765. The second-order valence-electron chi connectivity index (χ2n) is 5.23. The van der Waals surface area contributed by atoms with E-state index >= 15 is 0 Å². The van der Waals surface area contributed by atoms with Crippen LogP contribution in [-0.4, -0.2) is 55.3 Å². The van der Waals surface area contributed by atoms with Crippen LogP contribution in [0.3, 0.4) is 0 Å². The lowest BCUT2D eigenvalue weighted by Gasteiger charge is -2.21. The Morgan fingerprint density at radius 3 is 2.75 bits per heavy atom. The van der Waals surface area contributed by atoms with Crippen LogP contribution in [0.2, 0.25) is 0 Å². The number of fused-ring (bicyclic) bond motifs is 1. The smallest absolute Gasteiger partial charge is 0.323 e. The van der Waals surface area contributed by atoms with Crippen molar-refractivity contribution >= 4 is 18.0 Å². The summed E-state index contributed by atoms with van der Waals surface area (Å²) >= 11 is 0. The topological polar surface area (TPSA) is 85.3 Å². The molecule has 7 nitrogen and oxygen atoms in total. The molecule has 1 aromatic rings. The van der Waals surface area contributed by atoms with Crippen LogP contribution in [0, 0.1) is 0 Å². The fourth-order valence-corrected chi connectivity index (χ4v) is 2.36. The fourth-order valence-electron chi connectivity index (χ4n) is 2.36. The Labute approximate surface area is 140 Å². The van der Waals surface area contributed by atoms with Crippen molar-refractivity contribution in [2.75, 3.05) is 33.4 Å². The van der Waals surface area contributed by atoms with E-state index in [1.165, 1.54) is 18.1 Å². The molecule has 130 valence electrons. The number of carbonyl (C=O) groups is 2. The van der Waals surface area contributed by atoms with Crippen molar-refractivity contribution in [1.29, 1.82) is 0 Å². The number of carboxylic acids is 1. The average molecular weight is 335 g/mol. The molecule has 0 saturated heterocycles. The zero-order valence-electron chi connectivity index (χ0n) is 13.8. The fraction of sp³-hybridized carbons (Fsp3) is 0.412. The molecule has 1 aliphatic heterocycles. The highest BCUT2D eigenvalue weighted by atomic mass is 16.6. The minimum atomic E-state index is -1.04. The first-order chi connectivity index (χ1) is 11.5. The third-order valence-corrected chi connectivity index (χ3v) is 3.40. The maximum absolute atomic E-state index is 12.2. The first-order valence-electron chi connectivity index (χ1n) is 7.71. The molecule has 2 rings (SSSR count). The van der Waals surface area contributed by atoms with Crippen molar-refractivity contribution in [3.8, 4) is 17.2 Å². The van der Waals surface area contributed by atoms with Crippen LogP contribution in [0.1, 0.15) is 18.9 Å². The summed E-state index contributed by atoms with van der Waals surface area (Å²) in [6, 6.07) is 3.49. The Balaban J connectivity index is 2.18. The second kappa shape index (κ2) is 8.24. The van der Waals surface area contributed by atoms with Crippen molar-refractivity contribution in [3.63, 3.8) is 0 Å². The standard InChI is InChI=1S/C17H21NO6/c1-3-6-18(11-16(20)21)15(19)5-4-12-9-13(22-2)17-14(10-12)23-7-8-24-17/h4-5,9-10H,3,6-8,11H2,1-2H3,(H,20,21)/b5-4+. The number of benzene rings is 1. The maximum atomic E-state index is 12.2. The van der Waals surface area contributed by atoms with Gasteiger partial charge in [-0.15, -0.1) is 0 Å². The van der Waals surface area contributed by atoms with Gasteiger partial charge in [-0.1, -0.05) is 6.92 Å². The SMILES string of the molecule is CCCN(CC(=O)O)C(=O)/C=C/c1cc(OC)c2c(c1)OCCO2. The van der Waals surface area contributed by atoms with Crippen molar-refractivity contribution in [3.05, 3.63) is 23.8 Å². The largest absolute Gasteiger partial charge is 0.493 e. The van der Waals surface area contributed by atoms with Gasteiger partial charge >= 0.3 is 5.97 Å². The minimum absolute atomic E-state index is 0.318. The zero-order chi connectivity index (χ0) is 17.5. The summed E-state index contributed by atoms with van der Waals surface area (Å²) in [5.41, 5.74) is 0.705. The molecule has 0 aliphatic carbocycles. The summed E-state index contributed by atoms with van der Waals surface area (Å²) in [5, 5.41) is 8.88. The molecule has 0 radical (unpaired) electrons. The Morgan fingerprint density at radius 1 is 1.33 bits per heavy atom. The van der Waals surface area contributed by atoms with Crippen LogP contribution in [-0.2, 0) is 9.59 Å². The number of hydrogen-bond acceptors (Lipinski definition) is 5. The van der Waals surface area contributed by atoms with E-state index < -0.39 is 5.97 Å². The van der Waals surface area contributed by atoms with E-state index in [-0.39, 0.29) is 12.5 Å². The lowest BCUT2D eigenvalue weighted by Crippen LogP contribution is -2.35. The predicted molar refractivity (Wildman–Crippen MR) is 87.5 cm³/mol. The van der Waals surface area contributed by atoms with Crippen molar-refractivity contribution in [2.24, 2.45) is 0 Å². The molecule has 0 unspecified atom stereocenters. The van der Waals surface area contributed by atoms with Gasteiger partial charge in [0, 0.05) is 12.6 Å². The molecule has 1 aliphatic rings. The van der Waals surface area contributed by atoms with Crippen molar-refractivity contribution in [2.45, 2.75) is 13.3 Å². The molecule has 0 saturated carbocycles. The van der Waals surface area contributed by atoms with E-state index in [9.17, 15) is 9.59 Å². The maximum Gasteiger partial charge on any atom is 0.323 e. The predicted octanol–water partition coefficient (Wildman–Crippen LogP) is 1.80. The van der Waals surface area contributed by atoms with Gasteiger partial charge in [-0.2, -0.15) is 0 Å². The third-order valence-electron chi connectivity index (χ3n) is 3.40. The molecule has 0 fully saturated rings. The summed E-state index contributed by atoms with van der Waals surface area (Å²) in [4.78, 5) is 24.3. The first kappa shape index (κ1) is 17.7. The van der Waals surface area contributed by atoms with E-state index in [1.807, 2.05) is 6.92 Å². The van der Waals surface area contributed by atoms with E-state index in [0.717, 1.165) is 0 Å². The molecule has 7 heteroatoms. The number of ether oxygens (including phenoxy) is 3. The molecular weight excluding hydrogens is 314 g/mol. The minimum Gasteiger partial charge on any atom is -0.493 e. The molecular formula is C17H21NO6. The summed E-state index contributed by atoms with van der Waals surface area (Å²) in [6.45, 7) is 2.86. The highest BCUT2D eigenvalue weighted by molar-refractivity contribution is 5.93. The van der Waals surface area contributed by atoms with Gasteiger partial charge in [0.05, 0.1) is 7.11 Å². The van der Waals surface area contributed by atoms with Gasteiger partial charge in [-0.05, 0) is 30.2 Å². The van der Waals surface area contributed by atoms with Gasteiger partial charge in [0.15, 0.2) is 11.5 Å². The summed E-state index contributed by atoms with van der Waals surface area (Å²) in [6.07, 6.45) is 3.64. The second-order valence-corrected chi connectivity index (χ2v) is 5.23. The van der Waals surface area contributed by atoms with E-state index in [1.54, 1.807) is 18.2 Å². The van der Waals surface area contributed by atoms with Crippen LogP contribution >= 0.6 is 0 Å². The van der Waals surface area contributed by atoms with E-state index in [0.29, 0.717) is 49.0 Å². The third kappa shape index (κ3) is 4.41. The number of carbonyl (C=O) groups excluding carboxylic acids is 1. The Hall–Kier alpha value is -2.70. The Bertz CT molecular complexity index is 623. The van der Waals surface area contributed by atoms with Crippen molar-refractivity contribution in [1.82, 2.24) is 4.90 Å². The van der Waals surface area contributed by atoms with E-state index in [4.69, 9.17) is 19.3 Å². The summed E-state index contributed by atoms with van der Waals surface area (Å²) in [7, 11) is 1.53. The van der Waals surface area contributed by atoms with Gasteiger partial charge in [0.25, 0.3) is 0 Å². The molecule has 1 amide bonds. The summed E-state index contributed by atoms with van der Waals surface area (Å²) in [5.74, 6) is 0.240. The molecule has 1 heterocycles. The summed E-state index contributed by atoms with van der Waals surface area (Å²) < 4.78 is 16.4. The highest BCUT2D eigenvalue weighted by Gasteiger charge is 2.18. The lowest BCUT2D eigenvalue weighted by molar-refractivity contribution is -0.142. The van der Waals surface area contributed by atoms with Gasteiger partial charge in [-0.25, -0.2) is 0 Å². The molecule has 0 bridgehead atoms. The number of nitrogens with zero attached hydrogens (tertiary/aromatic N) is 1. The molecule has 0 aromatic heterocycles. The van der Waals surface area contributed by atoms with Gasteiger partial charge in [-0.3, -0.25) is 9.59 Å². The normalized spacial score (nSPS) is 12.9. The first-order valence-corrected chi connectivity index (χ1v) is 7.71. The average Bonchev–Trinajstić information content (AvgIpc) is 2.58. The number of amides is 1. The lowest BCUT2D eigenvalue weighted by atomic mass is 10.1. The van der Waals surface area contributed by atoms with Crippen LogP contribution in [0.4, 0.5) is 0 Å². The molecule has 24 heavy (non-hydrogen) atoms. The van der Waals surface area contributed by atoms with Gasteiger partial charge < -0.3 is 24.2 Å².